The van der Waals surface area contributed by atoms with Crippen LogP contribution in [0.4, 0.5) is 0 Å². The van der Waals surface area contributed by atoms with Gasteiger partial charge in [0.2, 0.25) is 0 Å². The number of hydrogen-bond donors (Lipinski definition) is 0. The van der Waals surface area contributed by atoms with E-state index in [-0.39, 0.29) is 5.41 Å². The third kappa shape index (κ3) is 1.03. The smallest absolute Gasteiger partial charge is 0.142 e. The highest BCUT2D eigenvalue weighted by molar-refractivity contribution is 5.88. The van der Waals surface area contributed by atoms with Crippen LogP contribution in [0.3, 0.4) is 0 Å². The van der Waals surface area contributed by atoms with Crippen molar-refractivity contribution in [3.05, 3.63) is 11.6 Å². The second-order valence-electron chi connectivity index (χ2n) is 4.23. The first-order chi connectivity index (χ1) is 5.73. The molecule has 0 radical (unpaired) electrons. The van der Waals surface area contributed by atoms with Crippen LogP contribution in [0.25, 0.3) is 0 Å². The van der Waals surface area contributed by atoms with Gasteiger partial charge in [-0.15, -0.1) is 0 Å². The van der Waals surface area contributed by atoms with Crippen LogP contribution in [0.5, 0.6) is 0 Å². The van der Waals surface area contributed by atoms with Gasteiger partial charge in [-0.3, -0.25) is 4.79 Å². The van der Waals surface area contributed by atoms with Crippen LogP contribution in [-0.2, 0) is 4.79 Å². The minimum Gasteiger partial charge on any atom is -0.299 e. The van der Waals surface area contributed by atoms with Crippen molar-refractivity contribution in [1.29, 1.82) is 0 Å². The third-order valence-electron chi connectivity index (χ3n) is 3.45. The highest BCUT2D eigenvalue weighted by atomic mass is 16.1. The molecule has 1 heteroatoms. The summed E-state index contributed by atoms with van der Waals surface area (Å²) in [4.78, 5) is 11.7. The van der Waals surface area contributed by atoms with Gasteiger partial charge in [-0.05, 0) is 39.0 Å². The van der Waals surface area contributed by atoms with Gasteiger partial charge >= 0.3 is 0 Å². The molecule has 0 bridgehead atoms. The molecule has 0 aliphatic heterocycles. The Hall–Kier alpha value is -0.590. The molecular formula is C11H16O. The minimum absolute atomic E-state index is 0.0451. The Morgan fingerprint density at radius 2 is 2.17 bits per heavy atom. The van der Waals surface area contributed by atoms with E-state index in [0.29, 0.717) is 5.78 Å². The van der Waals surface area contributed by atoms with Crippen molar-refractivity contribution in [1.82, 2.24) is 0 Å². The monoisotopic (exact) mass is 164 g/mol. The summed E-state index contributed by atoms with van der Waals surface area (Å²) in [6.45, 7) is 2.14. The van der Waals surface area contributed by atoms with Gasteiger partial charge in [-0.25, -0.2) is 0 Å². The summed E-state index contributed by atoms with van der Waals surface area (Å²) < 4.78 is 0. The van der Waals surface area contributed by atoms with Crippen LogP contribution in [0, 0.1) is 5.41 Å². The van der Waals surface area contributed by atoms with Crippen molar-refractivity contribution in [2.75, 3.05) is 0 Å². The van der Waals surface area contributed by atoms with Crippen LogP contribution in [0.2, 0.25) is 0 Å². The summed E-state index contributed by atoms with van der Waals surface area (Å²) >= 11 is 0. The van der Waals surface area contributed by atoms with Gasteiger partial charge < -0.3 is 0 Å². The zero-order chi connectivity index (χ0) is 8.60. The van der Waals surface area contributed by atoms with Crippen molar-refractivity contribution >= 4 is 5.78 Å². The molecule has 0 heterocycles. The Kier molecular flexibility index (Phi) is 1.82. The lowest BCUT2D eigenvalue weighted by Gasteiger charge is -2.37. The van der Waals surface area contributed by atoms with Crippen LogP contribution in [-0.4, -0.2) is 5.78 Å². The van der Waals surface area contributed by atoms with Crippen molar-refractivity contribution in [3.8, 4) is 0 Å². The van der Waals surface area contributed by atoms with Gasteiger partial charge in [0.25, 0.3) is 0 Å². The van der Waals surface area contributed by atoms with E-state index in [1.165, 1.54) is 24.8 Å². The predicted octanol–water partition coefficient (Wildman–Crippen LogP) is 2.86. The van der Waals surface area contributed by atoms with Crippen LogP contribution in [0.15, 0.2) is 11.6 Å². The van der Waals surface area contributed by atoms with Crippen molar-refractivity contribution < 1.29 is 4.79 Å². The van der Waals surface area contributed by atoms with Gasteiger partial charge in [0, 0.05) is 11.8 Å². The van der Waals surface area contributed by atoms with E-state index in [4.69, 9.17) is 0 Å². The van der Waals surface area contributed by atoms with Crippen molar-refractivity contribution in [2.45, 2.75) is 45.4 Å². The molecule has 1 saturated carbocycles. The molecule has 0 spiro atoms. The lowest BCUT2D eigenvalue weighted by molar-refractivity contribution is -0.128. The maximum atomic E-state index is 11.7. The number of fused-ring (bicyclic) bond motifs is 1. The summed E-state index contributed by atoms with van der Waals surface area (Å²) in [5.41, 5.74) is 1.39. The summed E-state index contributed by atoms with van der Waals surface area (Å²) in [6, 6.07) is 0. The standard InChI is InChI=1S/C11H16O/c1-11-8-3-2-5-9(11)6-4-7-10(11)12/h5H,2-4,6-8H2,1H3/t11-/m1/s1. The molecule has 0 saturated heterocycles. The van der Waals surface area contributed by atoms with E-state index in [1.54, 1.807) is 0 Å². The zero-order valence-electron chi connectivity index (χ0n) is 7.73. The normalized spacial score (nSPS) is 35.8. The zero-order valence-corrected chi connectivity index (χ0v) is 7.73. The van der Waals surface area contributed by atoms with E-state index in [9.17, 15) is 4.79 Å². The Morgan fingerprint density at radius 1 is 1.33 bits per heavy atom. The van der Waals surface area contributed by atoms with Gasteiger partial charge in [0.15, 0.2) is 0 Å². The van der Waals surface area contributed by atoms with E-state index in [1.807, 2.05) is 0 Å². The van der Waals surface area contributed by atoms with Crippen molar-refractivity contribution in [3.63, 3.8) is 0 Å². The van der Waals surface area contributed by atoms with Crippen molar-refractivity contribution in [2.24, 2.45) is 5.41 Å². The van der Waals surface area contributed by atoms with Gasteiger partial charge in [0.05, 0.1) is 0 Å². The first-order valence-electron chi connectivity index (χ1n) is 4.96. The number of carbonyl (C=O) groups excluding carboxylic acids is 1. The number of Topliss-reactive ketones (excluding diaryl/α,β-unsaturated/α-hetero) is 1. The minimum atomic E-state index is -0.0451. The third-order valence-corrected chi connectivity index (χ3v) is 3.45. The number of carbonyl (C=O) groups is 1. The van der Waals surface area contributed by atoms with E-state index in [0.717, 1.165) is 19.3 Å². The van der Waals surface area contributed by atoms with Gasteiger partial charge in [0.1, 0.15) is 5.78 Å². The van der Waals surface area contributed by atoms with Crippen LogP contribution >= 0.6 is 0 Å². The fourth-order valence-corrected chi connectivity index (χ4v) is 2.53. The molecule has 0 aromatic rings. The average molecular weight is 164 g/mol. The number of rotatable bonds is 0. The molecule has 1 fully saturated rings. The van der Waals surface area contributed by atoms with Gasteiger partial charge in [-0.1, -0.05) is 11.6 Å². The Balaban J connectivity index is 2.34. The van der Waals surface area contributed by atoms with E-state index < -0.39 is 0 Å². The Morgan fingerprint density at radius 3 is 2.92 bits per heavy atom. The maximum absolute atomic E-state index is 11.7. The molecule has 0 amide bonds. The first-order valence-corrected chi connectivity index (χ1v) is 4.96. The highest BCUT2D eigenvalue weighted by Gasteiger charge is 2.39. The summed E-state index contributed by atoms with van der Waals surface area (Å²) in [6.07, 6.45) is 8.86. The number of ketones is 1. The topological polar surface area (TPSA) is 17.1 Å². The first kappa shape index (κ1) is 8.03. The second kappa shape index (κ2) is 2.72. The fraction of sp³-hybridized carbons (Fsp3) is 0.727. The molecule has 66 valence electrons. The summed E-state index contributed by atoms with van der Waals surface area (Å²) in [5, 5.41) is 0. The summed E-state index contributed by atoms with van der Waals surface area (Å²) in [5.74, 6) is 0.486. The highest BCUT2D eigenvalue weighted by Crippen LogP contribution is 2.44. The lowest BCUT2D eigenvalue weighted by Crippen LogP contribution is -2.34. The van der Waals surface area contributed by atoms with Crippen LogP contribution in [0.1, 0.15) is 45.4 Å². The molecule has 1 nitrogen and oxygen atoms in total. The molecule has 0 aromatic heterocycles. The quantitative estimate of drug-likeness (QED) is 0.503. The molecule has 0 unspecified atom stereocenters. The van der Waals surface area contributed by atoms with E-state index in [2.05, 4.69) is 13.0 Å². The van der Waals surface area contributed by atoms with Crippen LogP contribution < -0.4 is 0 Å². The molecular weight excluding hydrogens is 148 g/mol. The summed E-state index contributed by atoms with van der Waals surface area (Å²) in [7, 11) is 0. The molecule has 2 rings (SSSR count). The molecule has 0 aromatic carbocycles. The number of hydrogen-bond acceptors (Lipinski definition) is 1. The molecule has 2 aliphatic carbocycles. The maximum Gasteiger partial charge on any atom is 0.142 e. The lowest BCUT2D eigenvalue weighted by atomic mass is 9.65. The molecule has 0 N–H and O–H groups in total. The van der Waals surface area contributed by atoms with E-state index >= 15 is 0 Å². The average Bonchev–Trinajstić information content (AvgIpc) is 2.07. The Bertz CT molecular complexity index is 239. The molecule has 1 atom stereocenters. The largest absolute Gasteiger partial charge is 0.299 e. The molecule has 12 heavy (non-hydrogen) atoms. The SMILES string of the molecule is C[C@@]12CCCC=C1CCCC2=O. The second-order valence-corrected chi connectivity index (χ2v) is 4.23. The molecule has 2 aliphatic rings. The Labute approximate surface area is 73.8 Å². The predicted molar refractivity (Wildman–Crippen MR) is 48.9 cm³/mol. The van der Waals surface area contributed by atoms with Gasteiger partial charge in [-0.2, -0.15) is 0 Å². The fourth-order valence-electron chi connectivity index (χ4n) is 2.53. The number of allylic oxidation sites excluding steroid dienone is 2.